The van der Waals surface area contributed by atoms with Gasteiger partial charge in [-0.1, -0.05) is 19.1 Å². The second-order valence-electron chi connectivity index (χ2n) is 3.72. The maximum Gasteiger partial charge on any atom is 0.142 e. The Morgan fingerprint density at radius 1 is 1.35 bits per heavy atom. The Kier molecular flexibility index (Phi) is 3.98. The lowest BCUT2D eigenvalue weighted by molar-refractivity contribution is 0.322. The Balaban J connectivity index is 1.85. The molecule has 3 nitrogen and oxygen atoms in total. The molecular formula is C13H16N2OS. The zero-order chi connectivity index (χ0) is 12.1. The highest BCUT2D eigenvalue weighted by Gasteiger charge is 2.02. The summed E-state index contributed by atoms with van der Waals surface area (Å²) in [5.41, 5.74) is 7.57. The van der Waals surface area contributed by atoms with Crippen molar-refractivity contribution in [3.8, 4) is 5.75 Å². The van der Waals surface area contributed by atoms with E-state index in [0.717, 1.165) is 24.3 Å². The first kappa shape index (κ1) is 11.9. The van der Waals surface area contributed by atoms with Crippen molar-refractivity contribution in [3.63, 3.8) is 0 Å². The maximum atomic E-state index is 5.79. The van der Waals surface area contributed by atoms with Gasteiger partial charge in [0.2, 0.25) is 0 Å². The number of aryl methyl sites for hydroxylation is 1. The predicted octanol–water partition coefficient (Wildman–Crippen LogP) is 2.91. The van der Waals surface area contributed by atoms with Crippen molar-refractivity contribution in [2.24, 2.45) is 0 Å². The summed E-state index contributed by atoms with van der Waals surface area (Å²) in [6.45, 7) is 2.73. The molecule has 0 spiro atoms. The standard InChI is InChI=1S/C13H16N2OS/c1-2-13-15-10(9-17-13)7-8-16-12-6-4-3-5-11(12)14/h3-6,9H,2,7-8,14H2,1H3. The van der Waals surface area contributed by atoms with Crippen molar-refractivity contribution in [3.05, 3.63) is 40.3 Å². The van der Waals surface area contributed by atoms with Crippen LogP contribution in [-0.2, 0) is 12.8 Å². The zero-order valence-electron chi connectivity index (χ0n) is 9.85. The molecule has 1 aromatic carbocycles. The number of nitrogens with zero attached hydrogens (tertiary/aromatic N) is 1. The van der Waals surface area contributed by atoms with Crippen LogP contribution in [0.25, 0.3) is 0 Å². The van der Waals surface area contributed by atoms with Gasteiger partial charge in [0.15, 0.2) is 0 Å². The lowest BCUT2D eigenvalue weighted by Crippen LogP contribution is -2.03. The number of nitrogens with two attached hydrogens (primary N) is 1. The molecule has 1 heterocycles. The van der Waals surface area contributed by atoms with Gasteiger partial charge in [0.05, 0.1) is 23.0 Å². The van der Waals surface area contributed by atoms with Crippen LogP contribution in [0.4, 0.5) is 5.69 Å². The van der Waals surface area contributed by atoms with Gasteiger partial charge in [0.25, 0.3) is 0 Å². The minimum Gasteiger partial charge on any atom is -0.491 e. The van der Waals surface area contributed by atoms with E-state index in [-0.39, 0.29) is 0 Å². The molecular weight excluding hydrogens is 232 g/mol. The number of para-hydroxylation sites is 2. The first-order valence-corrected chi connectivity index (χ1v) is 6.58. The van der Waals surface area contributed by atoms with Crippen molar-refractivity contribution in [1.82, 2.24) is 4.98 Å². The van der Waals surface area contributed by atoms with Gasteiger partial charge in [-0.2, -0.15) is 0 Å². The van der Waals surface area contributed by atoms with E-state index in [1.165, 1.54) is 5.01 Å². The lowest BCUT2D eigenvalue weighted by atomic mass is 10.3. The van der Waals surface area contributed by atoms with E-state index in [0.29, 0.717) is 12.3 Å². The number of thiazole rings is 1. The summed E-state index contributed by atoms with van der Waals surface area (Å²) in [4.78, 5) is 4.49. The SMILES string of the molecule is CCc1nc(CCOc2ccccc2N)cs1. The molecule has 2 N–H and O–H groups in total. The second-order valence-corrected chi connectivity index (χ2v) is 4.67. The summed E-state index contributed by atoms with van der Waals surface area (Å²) in [6, 6.07) is 7.54. The fourth-order valence-corrected chi connectivity index (χ4v) is 2.28. The van der Waals surface area contributed by atoms with Crippen molar-refractivity contribution < 1.29 is 4.74 Å². The lowest BCUT2D eigenvalue weighted by Gasteiger charge is -2.07. The van der Waals surface area contributed by atoms with E-state index >= 15 is 0 Å². The van der Waals surface area contributed by atoms with Crippen molar-refractivity contribution >= 4 is 17.0 Å². The molecule has 90 valence electrons. The van der Waals surface area contributed by atoms with Gasteiger partial charge in [-0.05, 0) is 18.6 Å². The van der Waals surface area contributed by atoms with Gasteiger partial charge in [-0.15, -0.1) is 11.3 Å². The van der Waals surface area contributed by atoms with Gasteiger partial charge in [0.1, 0.15) is 5.75 Å². The summed E-state index contributed by atoms with van der Waals surface area (Å²) in [5, 5.41) is 3.27. The monoisotopic (exact) mass is 248 g/mol. The Morgan fingerprint density at radius 2 is 2.18 bits per heavy atom. The molecule has 0 saturated heterocycles. The van der Waals surface area contributed by atoms with E-state index in [2.05, 4.69) is 17.3 Å². The van der Waals surface area contributed by atoms with Crippen molar-refractivity contribution in [1.29, 1.82) is 0 Å². The number of ether oxygens (including phenoxy) is 1. The summed E-state index contributed by atoms with van der Waals surface area (Å²) in [5.74, 6) is 0.749. The number of hydrogen-bond donors (Lipinski definition) is 1. The van der Waals surface area contributed by atoms with Crippen LogP contribution in [0.1, 0.15) is 17.6 Å². The minimum absolute atomic E-state index is 0.612. The smallest absolute Gasteiger partial charge is 0.142 e. The summed E-state index contributed by atoms with van der Waals surface area (Å²) in [6.07, 6.45) is 1.82. The van der Waals surface area contributed by atoms with Crippen molar-refractivity contribution in [2.75, 3.05) is 12.3 Å². The first-order valence-electron chi connectivity index (χ1n) is 5.70. The number of aromatic nitrogens is 1. The molecule has 0 fully saturated rings. The zero-order valence-corrected chi connectivity index (χ0v) is 10.7. The van der Waals surface area contributed by atoms with Gasteiger partial charge < -0.3 is 10.5 Å². The Labute approximate surface area is 105 Å². The molecule has 0 unspecified atom stereocenters. The second kappa shape index (κ2) is 5.68. The Morgan fingerprint density at radius 3 is 2.88 bits per heavy atom. The molecule has 0 amide bonds. The highest BCUT2D eigenvalue weighted by Crippen LogP contribution is 2.20. The molecule has 0 bridgehead atoms. The highest BCUT2D eigenvalue weighted by atomic mass is 32.1. The molecule has 2 rings (SSSR count). The maximum absolute atomic E-state index is 5.79. The van der Waals surface area contributed by atoms with Crippen molar-refractivity contribution in [2.45, 2.75) is 19.8 Å². The average molecular weight is 248 g/mol. The third kappa shape index (κ3) is 3.20. The quantitative estimate of drug-likeness (QED) is 0.828. The normalized spacial score (nSPS) is 10.4. The number of hydrogen-bond acceptors (Lipinski definition) is 4. The molecule has 0 aliphatic rings. The van der Waals surface area contributed by atoms with E-state index in [1.807, 2.05) is 24.3 Å². The largest absolute Gasteiger partial charge is 0.491 e. The van der Waals surface area contributed by atoms with Crippen LogP contribution in [0.3, 0.4) is 0 Å². The number of nitrogen functional groups attached to an aromatic ring is 1. The topological polar surface area (TPSA) is 48.1 Å². The summed E-state index contributed by atoms with van der Waals surface area (Å²) < 4.78 is 5.62. The molecule has 0 radical (unpaired) electrons. The highest BCUT2D eigenvalue weighted by molar-refractivity contribution is 7.09. The first-order chi connectivity index (χ1) is 8.29. The molecule has 2 aromatic rings. The fourth-order valence-electron chi connectivity index (χ4n) is 1.50. The van der Waals surface area contributed by atoms with Crippen LogP contribution >= 0.6 is 11.3 Å². The van der Waals surface area contributed by atoms with Gasteiger partial charge in [-0.3, -0.25) is 0 Å². The van der Waals surface area contributed by atoms with Crippen LogP contribution in [-0.4, -0.2) is 11.6 Å². The number of anilines is 1. The van der Waals surface area contributed by atoms with Crippen LogP contribution in [0.2, 0.25) is 0 Å². The number of rotatable bonds is 5. The van der Waals surface area contributed by atoms with Gasteiger partial charge in [0, 0.05) is 11.8 Å². The van der Waals surface area contributed by atoms with Gasteiger partial charge >= 0.3 is 0 Å². The van der Waals surface area contributed by atoms with Gasteiger partial charge in [-0.25, -0.2) is 4.98 Å². The molecule has 0 aliphatic carbocycles. The van der Waals surface area contributed by atoms with E-state index < -0.39 is 0 Å². The average Bonchev–Trinajstić information content (AvgIpc) is 2.80. The Bertz CT molecular complexity index is 482. The molecule has 0 aliphatic heterocycles. The van der Waals surface area contributed by atoms with E-state index in [4.69, 9.17) is 10.5 Å². The molecule has 0 atom stereocenters. The summed E-state index contributed by atoms with van der Waals surface area (Å²) in [7, 11) is 0. The van der Waals surface area contributed by atoms with E-state index in [1.54, 1.807) is 11.3 Å². The molecule has 17 heavy (non-hydrogen) atoms. The fraction of sp³-hybridized carbons (Fsp3) is 0.308. The molecule has 4 heteroatoms. The Hall–Kier alpha value is -1.55. The molecule has 0 saturated carbocycles. The van der Waals surface area contributed by atoms with E-state index in [9.17, 15) is 0 Å². The van der Waals surface area contributed by atoms with Crippen LogP contribution in [0.15, 0.2) is 29.6 Å². The number of benzene rings is 1. The summed E-state index contributed by atoms with van der Waals surface area (Å²) >= 11 is 1.71. The third-order valence-electron chi connectivity index (χ3n) is 2.44. The third-order valence-corrected chi connectivity index (χ3v) is 3.48. The molecule has 1 aromatic heterocycles. The van der Waals surface area contributed by atoms with Crippen LogP contribution < -0.4 is 10.5 Å². The minimum atomic E-state index is 0.612. The van der Waals surface area contributed by atoms with Crippen LogP contribution in [0.5, 0.6) is 5.75 Å². The predicted molar refractivity (Wildman–Crippen MR) is 71.5 cm³/mol. The van der Waals surface area contributed by atoms with Crippen LogP contribution in [0, 0.1) is 0 Å².